The minimum Gasteiger partial charge on any atom is -0.473 e. The van der Waals surface area contributed by atoms with Crippen molar-refractivity contribution in [3.63, 3.8) is 0 Å². The first-order valence-corrected chi connectivity index (χ1v) is 16.4. The number of ether oxygens (including phenoxy) is 4. The molecule has 0 radical (unpaired) electrons. The van der Waals surface area contributed by atoms with Crippen LogP contribution in [0.4, 0.5) is 9.18 Å². The van der Waals surface area contributed by atoms with Gasteiger partial charge in [0.2, 0.25) is 12.0 Å². The lowest BCUT2D eigenvalue weighted by Gasteiger charge is -2.36. The highest BCUT2D eigenvalue weighted by Crippen LogP contribution is 2.34. The number of methoxy groups -OCH3 is 1. The molecule has 4 rings (SSSR count). The van der Waals surface area contributed by atoms with Crippen molar-refractivity contribution in [1.82, 2.24) is 20.1 Å². The number of aromatic nitrogens is 1. The second kappa shape index (κ2) is 16.6. The fraction of sp³-hybridized carbons (Fsp3) is 0.429. The first-order chi connectivity index (χ1) is 23.7. The van der Waals surface area contributed by atoms with Crippen molar-refractivity contribution in [2.75, 3.05) is 39.9 Å². The van der Waals surface area contributed by atoms with E-state index < -0.39 is 53.4 Å². The summed E-state index contributed by atoms with van der Waals surface area (Å²) in [5, 5.41) is 2.74. The largest absolute Gasteiger partial charge is 0.473 e. The monoisotopic (exact) mass is 714 g/mol. The molecule has 13 nitrogen and oxygen atoms in total. The number of hydrogen-bond donors (Lipinski definition) is 1. The minimum absolute atomic E-state index is 0.0176. The molecule has 0 aliphatic carbocycles. The summed E-state index contributed by atoms with van der Waals surface area (Å²) in [5.41, 5.74) is -0.967. The fourth-order valence-corrected chi connectivity index (χ4v) is 5.44. The lowest BCUT2D eigenvalue weighted by atomic mass is 10.1. The van der Waals surface area contributed by atoms with Crippen LogP contribution in [0.15, 0.2) is 48.5 Å². The van der Waals surface area contributed by atoms with Gasteiger partial charge in [0.15, 0.2) is 5.82 Å². The summed E-state index contributed by atoms with van der Waals surface area (Å²) in [6.07, 6.45) is -2.13. The van der Waals surface area contributed by atoms with Crippen LogP contribution in [-0.4, -0.2) is 96.2 Å². The van der Waals surface area contributed by atoms with Gasteiger partial charge in [0, 0.05) is 54.6 Å². The third-order valence-electron chi connectivity index (χ3n) is 7.57. The molecule has 0 bridgehead atoms. The first-order valence-electron chi connectivity index (χ1n) is 16.0. The number of piperazine rings is 1. The SMILES string of the molecule is CCOC(=O)N1CCN(C(=O)[C@H](CCC(=O)OC(C)(C)C)NC(=O)c2cc(OC(C(=O)OC)c3ccccc3)c3cc(Cl)cc(F)c3n2)CC1. The number of nitrogens with zero attached hydrogens (tertiary/aromatic N) is 3. The summed E-state index contributed by atoms with van der Waals surface area (Å²) in [5.74, 6) is -3.69. The van der Waals surface area contributed by atoms with Gasteiger partial charge in [0.25, 0.3) is 5.91 Å². The van der Waals surface area contributed by atoms with E-state index >= 15 is 4.39 Å². The average Bonchev–Trinajstić information content (AvgIpc) is 3.08. The average molecular weight is 715 g/mol. The van der Waals surface area contributed by atoms with Crippen molar-refractivity contribution < 1.29 is 47.3 Å². The zero-order chi connectivity index (χ0) is 36.6. The maximum Gasteiger partial charge on any atom is 0.409 e. The van der Waals surface area contributed by atoms with Crippen molar-refractivity contribution >= 4 is 52.4 Å². The van der Waals surface area contributed by atoms with E-state index in [1.54, 1.807) is 58.0 Å². The van der Waals surface area contributed by atoms with E-state index in [0.29, 0.717) is 5.56 Å². The van der Waals surface area contributed by atoms with E-state index in [9.17, 15) is 24.0 Å². The van der Waals surface area contributed by atoms with Crippen molar-refractivity contribution in [3.8, 4) is 5.75 Å². The van der Waals surface area contributed by atoms with E-state index in [0.717, 1.165) is 6.07 Å². The molecule has 1 saturated heterocycles. The zero-order valence-electron chi connectivity index (χ0n) is 28.5. The van der Waals surface area contributed by atoms with Crippen molar-refractivity contribution in [1.29, 1.82) is 0 Å². The maximum absolute atomic E-state index is 15.3. The number of nitrogens with one attached hydrogen (secondary N) is 1. The molecular formula is C35H40ClFN4O9. The van der Waals surface area contributed by atoms with Gasteiger partial charge < -0.3 is 34.1 Å². The third kappa shape index (κ3) is 9.80. The molecule has 268 valence electrons. The smallest absolute Gasteiger partial charge is 0.409 e. The number of carbonyl (C=O) groups is 5. The van der Waals surface area contributed by atoms with Crippen LogP contribution in [0.2, 0.25) is 5.02 Å². The number of esters is 2. The van der Waals surface area contributed by atoms with E-state index in [1.807, 2.05) is 0 Å². The summed E-state index contributed by atoms with van der Waals surface area (Å²) < 4.78 is 36.8. The summed E-state index contributed by atoms with van der Waals surface area (Å²) >= 11 is 6.16. The van der Waals surface area contributed by atoms with Gasteiger partial charge in [-0.2, -0.15) is 0 Å². The summed E-state index contributed by atoms with van der Waals surface area (Å²) in [6, 6.07) is 10.8. The van der Waals surface area contributed by atoms with Crippen LogP contribution in [-0.2, 0) is 28.6 Å². The second-order valence-corrected chi connectivity index (χ2v) is 12.8. The zero-order valence-corrected chi connectivity index (χ0v) is 29.3. The van der Waals surface area contributed by atoms with Crippen LogP contribution in [0.3, 0.4) is 0 Å². The molecule has 1 N–H and O–H groups in total. The molecule has 15 heteroatoms. The van der Waals surface area contributed by atoms with Crippen LogP contribution in [0.5, 0.6) is 5.75 Å². The molecule has 3 aromatic rings. The molecule has 1 fully saturated rings. The Balaban J connectivity index is 1.66. The van der Waals surface area contributed by atoms with Crippen LogP contribution in [0, 0.1) is 5.82 Å². The Morgan fingerprint density at radius 1 is 1.00 bits per heavy atom. The standard InChI is InChI=1S/C35H40ClFN4O9/c1-6-48-34(46)41-16-14-40(15-17-41)32(44)25(12-13-28(42)50-35(2,3)4)39-31(43)26-20-27(23-18-22(36)19-24(37)29(23)38-26)49-30(33(45)47-5)21-10-8-7-9-11-21/h7-11,18-20,25,30H,6,12-17H2,1-5H3,(H,39,43)/t25-,30?/m0/s1. The summed E-state index contributed by atoms with van der Waals surface area (Å²) in [4.78, 5) is 72.4. The second-order valence-electron chi connectivity index (χ2n) is 12.4. The van der Waals surface area contributed by atoms with Gasteiger partial charge in [-0.1, -0.05) is 41.9 Å². The van der Waals surface area contributed by atoms with E-state index in [4.69, 9.17) is 30.5 Å². The molecule has 3 amide bonds. The predicted molar refractivity (Wildman–Crippen MR) is 180 cm³/mol. The number of hydrogen-bond acceptors (Lipinski definition) is 10. The number of halogens is 2. The molecule has 2 heterocycles. The van der Waals surface area contributed by atoms with Crippen LogP contribution in [0.1, 0.15) is 62.7 Å². The Kier molecular flexibility index (Phi) is 12.6. The Hall–Kier alpha value is -4.98. The topological polar surface area (TPSA) is 154 Å². The van der Waals surface area contributed by atoms with Crippen molar-refractivity contribution in [2.45, 2.75) is 58.3 Å². The molecule has 1 unspecified atom stereocenters. The predicted octanol–water partition coefficient (Wildman–Crippen LogP) is 4.84. The lowest BCUT2D eigenvalue weighted by molar-refractivity contribution is -0.155. The van der Waals surface area contributed by atoms with Crippen molar-refractivity contribution in [2.24, 2.45) is 0 Å². The van der Waals surface area contributed by atoms with E-state index in [1.165, 1.54) is 29.0 Å². The molecule has 0 spiro atoms. The highest BCUT2D eigenvalue weighted by atomic mass is 35.5. The fourth-order valence-electron chi connectivity index (χ4n) is 5.24. The number of fused-ring (bicyclic) bond motifs is 1. The van der Waals surface area contributed by atoms with E-state index in [2.05, 4.69) is 10.3 Å². The quantitative estimate of drug-likeness (QED) is 0.216. The minimum atomic E-state index is -1.30. The number of amides is 3. The maximum atomic E-state index is 15.3. The highest BCUT2D eigenvalue weighted by Gasteiger charge is 2.33. The molecule has 1 aliphatic rings. The van der Waals surface area contributed by atoms with Crippen LogP contribution in [0.25, 0.3) is 10.9 Å². The molecule has 1 aromatic heterocycles. The van der Waals surface area contributed by atoms with Gasteiger partial charge in [-0.25, -0.2) is 19.0 Å². The first kappa shape index (κ1) is 37.8. The van der Waals surface area contributed by atoms with E-state index in [-0.39, 0.29) is 73.0 Å². The normalized spacial score (nSPS) is 14.4. The Bertz CT molecular complexity index is 1730. The highest BCUT2D eigenvalue weighted by molar-refractivity contribution is 6.31. The van der Waals surface area contributed by atoms with Gasteiger partial charge in [0.05, 0.1) is 13.7 Å². The summed E-state index contributed by atoms with van der Waals surface area (Å²) in [7, 11) is 1.19. The third-order valence-corrected chi connectivity index (χ3v) is 7.78. The molecule has 1 aliphatic heterocycles. The van der Waals surface area contributed by atoms with Crippen LogP contribution >= 0.6 is 11.6 Å². The van der Waals surface area contributed by atoms with Crippen molar-refractivity contribution in [3.05, 3.63) is 70.6 Å². The molecule has 0 saturated carbocycles. The number of rotatable bonds is 11. The Morgan fingerprint density at radius 3 is 2.28 bits per heavy atom. The van der Waals surface area contributed by atoms with Gasteiger partial charge >= 0.3 is 18.0 Å². The number of pyridine rings is 1. The summed E-state index contributed by atoms with van der Waals surface area (Å²) in [6.45, 7) is 7.74. The molecule has 50 heavy (non-hydrogen) atoms. The Morgan fingerprint density at radius 2 is 1.66 bits per heavy atom. The number of benzene rings is 2. The van der Waals surface area contributed by atoms with Gasteiger partial charge in [0.1, 0.15) is 28.6 Å². The number of carbonyl (C=O) groups excluding carboxylic acids is 5. The molecular weight excluding hydrogens is 675 g/mol. The molecule has 2 atom stereocenters. The van der Waals surface area contributed by atoms with Gasteiger partial charge in [-0.15, -0.1) is 0 Å². The van der Waals surface area contributed by atoms with Gasteiger partial charge in [-0.3, -0.25) is 14.4 Å². The Labute approximate surface area is 293 Å². The molecule has 2 aromatic carbocycles. The lowest BCUT2D eigenvalue weighted by Crippen LogP contribution is -2.56. The van der Waals surface area contributed by atoms with Gasteiger partial charge in [-0.05, 0) is 46.2 Å². The van der Waals surface area contributed by atoms with Crippen LogP contribution < -0.4 is 10.1 Å².